The molecule has 0 unspecified atom stereocenters. The van der Waals surface area contributed by atoms with Crippen LogP contribution in [0, 0.1) is 12.7 Å². The monoisotopic (exact) mass is 480 g/mol. The van der Waals surface area contributed by atoms with Crippen molar-refractivity contribution < 1.29 is 26.4 Å². The van der Waals surface area contributed by atoms with E-state index >= 15 is 0 Å². The summed E-state index contributed by atoms with van der Waals surface area (Å²) in [4.78, 5) is 12.6. The highest BCUT2D eigenvalue weighted by molar-refractivity contribution is 7.90. The first-order chi connectivity index (χ1) is 14.4. The Hall–Kier alpha value is -2.24. The number of hydrogen-bond acceptors (Lipinski definition) is 3. The van der Waals surface area contributed by atoms with Crippen LogP contribution in [0.25, 0.3) is 0 Å². The molecule has 1 aromatic carbocycles. The molecule has 0 bridgehead atoms. The second kappa shape index (κ2) is 9.92. The minimum Gasteiger partial charge on any atom is -0.343 e. The Morgan fingerprint density at radius 3 is 2.39 bits per heavy atom. The zero-order valence-electron chi connectivity index (χ0n) is 17.2. The molecular formula is C19H24ClF3N4O3S. The van der Waals surface area contributed by atoms with Crippen molar-refractivity contribution >= 4 is 39.1 Å². The molecule has 0 atom stereocenters. The number of alkyl halides is 2. The molecule has 2 aromatic rings. The Kier molecular flexibility index (Phi) is 8.01. The first-order valence-corrected chi connectivity index (χ1v) is 11.1. The van der Waals surface area contributed by atoms with Crippen molar-refractivity contribution in [2.75, 3.05) is 23.4 Å². The summed E-state index contributed by atoms with van der Waals surface area (Å²) in [7, 11) is -2.78. The van der Waals surface area contributed by atoms with Crippen LogP contribution in [0.4, 0.5) is 24.5 Å². The Labute approximate surface area is 184 Å². The molecule has 0 aliphatic heterocycles. The number of benzene rings is 1. The predicted molar refractivity (Wildman–Crippen MR) is 115 cm³/mol. The van der Waals surface area contributed by atoms with E-state index in [9.17, 15) is 26.4 Å². The third kappa shape index (κ3) is 6.37. The average molecular weight is 481 g/mol. The van der Waals surface area contributed by atoms with E-state index in [-0.39, 0.29) is 29.2 Å². The molecule has 3 N–H and O–H groups in total. The maximum absolute atomic E-state index is 13.4. The number of carbonyl (C=O) groups is 1. The third-order valence-corrected chi connectivity index (χ3v) is 6.30. The van der Waals surface area contributed by atoms with Crippen LogP contribution in [-0.2, 0) is 17.3 Å². The maximum atomic E-state index is 13.4. The molecule has 31 heavy (non-hydrogen) atoms. The number of carbonyl (C=O) groups excluding carboxylic acids is 1. The largest absolute Gasteiger partial charge is 0.343 e. The van der Waals surface area contributed by atoms with Gasteiger partial charge in [-0.2, -0.15) is 13.1 Å². The van der Waals surface area contributed by atoms with Crippen LogP contribution in [-0.4, -0.2) is 37.8 Å². The maximum Gasteiger partial charge on any atom is 0.299 e. The molecule has 0 aliphatic carbocycles. The zero-order valence-corrected chi connectivity index (χ0v) is 18.8. The molecule has 0 saturated carbocycles. The Bertz CT molecular complexity index is 1050. The van der Waals surface area contributed by atoms with Gasteiger partial charge < -0.3 is 9.88 Å². The lowest BCUT2D eigenvalue weighted by Crippen LogP contribution is -2.48. The van der Waals surface area contributed by atoms with Gasteiger partial charge in [0.25, 0.3) is 16.1 Å². The number of halogens is 4. The van der Waals surface area contributed by atoms with Gasteiger partial charge in [-0.3, -0.25) is 18.3 Å². The van der Waals surface area contributed by atoms with Crippen LogP contribution in [0.5, 0.6) is 0 Å². The number of aromatic nitrogens is 1. The minimum atomic E-state index is -4.26. The molecule has 172 valence electrons. The van der Waals surface area contributed by atoms with Crippen molar-refractivity contribution in [2.45, 2.75) is 32.2 Å². The summed E-state index contributed by atoms with van der Waals surface area (Å²) in [5, 5.41) is 2.39. The molecule has 2 rings (SSSR count). The summed E-state index contributed by atoms with van der Waals surface area (Å²) in [6.07, 6.45) is 0.851. The van der Waals surface area contributed by atoms with Crippen LogP contribution in [0.1, 0.15) is 35.8 Å². The fourth-order valence-corrected chi connectivity index (χ4v) is 4.70. The van der Waals surface area contributed by atoms with Crippen LogP contribution in [0.15, 0.2) is 24.4 Å². The highest BCUT2D eigenvalue weighted by Crippen LogP contribution is 2.30. The van der Waals surface area contributed by atoms with E-state index in [1.54, 1.807) is 6.92 Å². The fraction of sp³-hybridized carbons (Fsp3) is 0.421. The van der Waals surface area contributed by atoms with Gasteiger partial charge in [-0.1, -0.05) is 11.6 Å². The SMILES string of the molecule is Cc1cc(NC(=O)c2c(Cl)c(NS(=O)(=O)NC(C)(CCF)CCF)cn2C)ccc1F. The van der Waals surface area contributed by atoms with Gasteiger partial charge in [0, 0.05) is 24.5 Å². The highest BCUT2D eigenvalue weighted by Gasteiger charge is 2.31. The predicted octanol–water partition coefficient (Wildman–Crippen LogP) is 4.10. The summed E-state index contributed by atoms with van der Waals surface area (Å²) < 4.78 is 69.7. The van der Waals surface area contributed by atoms with E-state index in [1.807, 2.05) is 0 Å². The van der Waals surface area contributed by atoms with Crippen molar-refractivity contribution in [3.8, 4) is 0 Å². The van der Waals surface area contributed by atoms with Gasteiger partial charge in [0.05, 0.1) is 24.1 Å². The van der Waals surface area contributed by atoms with E-state index in [1.165, 1.54) is 42.9 Å². The summed E-state index contributed by atoms with van der Waals surface area (Å²) in [5.74, 6) is -1.07. The number of amides is 1. The lowest BCUT2D eigenvalue weighted by Gasteiger charge is -2.28. The van der Waals surface area contributed by atoms with E-state index in [4.69, 9.17) is 11.6 Å². The van der Waals surface area contributed by atoms with Gasteiger partial charge in [-0.15, -0.1) is 0 Å². The summed E-state index contributed by atoms with van der Waals surface area (Å²) in [5.41, 5.74) is -0.813. The second-order valence-electron chi connectivity index (χ2n) is 7.38. The highest BCUT2D eigenvalue weighted by atomic mass is 35.5. The van der Waals surface area contributed by atoms with Gasteiger partial charge >= 0.3 is 0 Å². The van der Waals surface area contributed by atoms with E-state index in [0.29, 0.717) is 11.3 Å². The summed E-state index contributed by atoms with van der Waals surface area (Å²) in [6, 6.07) is 4.02. The molecular weight excluding hydrogens is 457 g/mol. The fourth-order valence-electron chi connectivity index (χ4n) is 2.98. The summed E-state index contributed by atoms with van der Waals surface area (Å²) >= 11 is 6.23. The first kappa shape index (κ1) is 25.0. The van der Waals surface area contributed by atoms with Gasteiger partial charge in [0.1, 0.15) is 11.5 Å². The number of aryl methyl sites for hydroxylation is 2. The molecule has 1 aromatic heterocycles. The van der Waals surface area contributed by atoms with Crippen LogP contribution >= 0.6 is 11.6 Å². The van der Waals surface area contributed by atoms with Gasteiger partial charge in [-0.05, 0) is 50.5 Å². The minimum absolute atomic E-state index is 0.0448. The van der Waals surface area contributed by atoms with Crippen LogP contribution in [0.2, 0.25) is 5.02 Å². The van der Waals surface area contributed by atoms with Gasteiger partial charge in [0.2, 0.25) is 0 Å². The molecule has 0 radical (unpaired) electrons. The standard InChI is InChI=1S/C19H24ClF3N4O3S/c1-12-10-13(4-5-14(12)23)24-18(28)17-16(20)15(11-27(17)3)25-31(29,30)26-19(2,6-8-21)7-9-22/h4-5,10-11,25-26H,6-9H2,1-3H3,(H,24,28). The smallest absolute Gasteiger partial charge is 0.299 e. The van der Waals surface area contributed by atoms with E-state index in [2.05, 4.69) is 14.8 Å². The molecule has 1 amide bonds. The first-order valence-electron chi connectivity index (χ1n) is 9.27. The lowest BCUT2D eigenvalue weighted by atomic mass is 9.97. The molecule has 12 heteroatoms. The van der Waals surface area contributed by atoms with Crippen molar-refractivity contribution in [1.29, 1.82) is 0 Å². The van der Waals surface area contributed by atoms with Crippen molar-refractivity contribution in [3.05, 3.63) is 46.5 Å². The Morgan fingerprint density at radius 2 is 1.84 bits per heavy atom. The third-order valence-electron chi connectivity index (χ3n) is 4.67. The Balaban J connectivity index is 2.23. The zero-order chi connectivity index (χ0) is 23.4. The van der Waals surface area contributed by atoms with Gasteiger partial charge in [-0.25, -0.2) is 4.39 Å². The number of anilines is 2. The molecule has 0 spiro atoms. The summed E-state index contributed by atoms with van der Waals surface area (Å²) in [6.45, 7) is 1.26. The van der Waals surface area contributed by atoms with Crippen LogP contribution in [0.3, 0.4) is 0 Å². The van der Waals surface area contributed by atoms with Crippen LogP contribution < -0.4 is 14.8 Å². The number of hydrogen-bond donors (Lipinski definition) is 3. The van der Waals surface area contributed by atoms with E-state index < -0.39 is 40.8 Å². The van der Waals surface area contributed by atoms with Crippen molar-refractivity contribution in [2.24, 2.45) is 7.05 Å². The molecule has 7 nitrogen and oxygen atoms in total. The van der Waals surface area contributed by atoms with Gasteiger partial charge in [0.15, 0.2) is 0 Å². The second-order valence-corrected chi connectivity index (χ2v) is 9.17. The Morgan fingerprint density at radius 1 is 1.23 bits per heavy atom. The average Bonchev–Trinajstić information content (AvgIpc) is 2.90. The van der Waals surface area contributed by atoms with Crippen molar-refractivity contribution in [1.82, 2.24) is 9.29 Å². The lowest BCUT2D eigenvalue weighted by molar-refractivity contribution is 0.101. The topological polar surface area (TPSA) is 92.2 Å². The number of rotatable bonds is 10. The number of nitrogens with one attached hydrogen (secondary N) is 3. The normalized spacial score (nSPS) is 12.1. The molecule has 0 aliphatic rings. The molecule has 0 saturated heterocycles. The molecule has 1 heterocycles. The quantitative estimate of drug-likeness (QED) is 0.478. The van der Waals surface area contributed by atoms with E-state index in [0.717, 1.165) is 0 Å². The number of nitrogens with zero attached hydrogens (tertiary/aromatic N) is 1. The van der Waals surface area contributed by atoms with Crippen molar-refractivity contribution in [3.63, 3.8) is 0 Å². The molecule has 0 fully saturated rings.